The summed E-state index contributed by atoms with van der Waals surface area (Å²) >= 11 is 0. The first-order valence-corrected chi connectivity index (χ1v) is 8.54. The highest BCUT2D eigenvalue weighted by Gasteiger charge is 2.66. The van der Waals surface area contributed by atoms with E-state index in [1.165, 1.54) is 6.20 Å². The van der Waals surface area contributed by atoms with Gasteiger partial charge in [0, 0.05) is 18.3 Å². The molecule has 2 heterocycles. The molecule has 1 aromatic carbocycles. The summed E-state index contributed by atoms with van der Waals surface area (Å²) in [6.07, 6.45) is -3.09. The average Bonchev–Trinajstić information content (AvgIpc) is 2.92. The number of hydrogen-bond donors (Lipinski definition) is 1. The van der Waals surface area contributed by atoms with Crippen molar-refractivity contribution in [3.8, 4) is 0 Å². The van der Waals surface area contributed by atoms with Gasteiger partial charge in [0.05, 0.1) is 0 Å². The van der Waals surface area contributed by atoms with Crippen molar-refractivity contribution >= 4 is 17.6 Å². The number of halogens is 3. The zero-order valence-electron chi connectivity index (χ0n) is 14.9. The second kappa shape index (κ2) is 7.02. The number of aryl methyl sites for hydroxylation is 1. The molecule has 1 unspecified atom stereocenters. The number of alkyl halides is 3. The van der Waals surface area contributed by atoms with E-state index >= 15 is 0 Å². The van der Waals surface area contributed by atoms with Crippen LogP contribution in [0.5, 0.6) is 0 Å². The van der Waals surface area contributed by atoms with Crippen LogP contribution in [-0.2, 0) is 4.79 Å². The van der Waals surface area contributed by atoms with E-state index in [2.05, 4.69) is 15.3 Å². The van der Waals surface area contributed by atoms with E-state index in [9.17, 15) is 18.0 Å². The molecule has 0 aliphatic carbocycles. The number of rotatable bonds is 5. The molecule has 1 aliphatic heterocycles. The monoisotopic (exact) mass is 376 g/mol. The smallest absolute Gasteiger partial charge is 0.330 e. The van der Waals surface area contributed by atoms with E-state index in [-0.39, 0.29) is 18.2 Å². The van der Waals surface area contributed by atoms with Crippen LogP contribution >= 0.6 is 0 Å². The third kappa shape index (κ3) is 3.27. The molecule has 2 aromatic rings. The molecule has 3 rings (SSSR count). The molecule has 1 atom stereocenters. The molecule has 1 amide bonds. The minimum Gasteiger partial charge on any atom is -0.330 e. The number of anilines is 1. The van der Waals surface area contributed by atoms with Gasteiger partial charge < -0.3 is 5.32 Å². The average molecular weight is 376 g/mol. The van der Waals surface area contributed by atoms with Crippen molar-refractivity contribution < 1.29 is 18.0 Å². The quantitative estimate of drug-likeness (QED) is 0.865. The van der Waals surface area contributed by atoms with Gasteiger partial charge in [-0.05, 0) is 25.0 Å². The van der Waals surface area contributed by atoms with Gasteiger partial charge in [-0.1, -0.05) is 43.3 Å². The Labute approximate surface area is 154 Å². The van der Waals surface area contributed by atoms with Crippen molar-refractivity contribution in [3.63, 3.8) is 0 Å². The first-order chi connectivity index (χ1) is 12.8. The first-order valence-electron chi connectivity index (χ1n) is 8.54. The van der Waals surface area contributed by atoms with Gasteiger partial charge in [-0.3, -0.25) is 9.69 Å². The van der Waals surface area contributed by atoms with Crippen LogP contribution in [0.2, 0.25) is 0 Å². The Balaban J connectivity index is 2.16. The summed E-state index contributed by atoms with van der Waals surface area (Å²) in [7, 11) is 0. The maximum atomic E-state index is 14.1. The largest absolute Gasteiger partial charge is 0.442 e. The lowest BCUT2D eigenvalue weighted by atomic mass is 10.1. The van der Waals surface area contributed by atoms with Crippen molar-refractivity contribution in [2.45, 2.75) is 32.1 Å². The van der Waals surface area contributed by atoms with Crippen LogP contribution < -0.4 is 5.32 Å². The number of amidine groups is 1. The fourth-order valence-electron chi connectivity index (χ4n) is 2.92. The molecule has 0 bridgehead atoms. The van der Waals surface area contributed by atoms with Crippen molar-refractivity contribution in [1.82, 2.24) is 9.88 Å². The highest BCUT2D eigenvalue weighted by molar-refractivity contribution is 6.16. The van der Waals surface area contributed by atoms with Gasteiger partial charge in [0.25, 0.3) is 5.91 Å². The van der Waals surface area contributed by atoms with E-state index in [0.29, 0.717) is 17.5 Å². The lowest BCUT2D eigenvalue weighted by Gasteiger charge is -2.30. The number of amides is 1. The number of aliphatic imine (C=N–C) groups is 1. The van der Waals surface area contributed by atoms with Gasteiger partial charge >= 0.3 is 11.8 Å². The summed E-state index contributed by atoms with van der Waals surface area (Å²) in [4.78, 5) is 21.9. The second-order valence-corrected chi connectivity index (χ2v) is 6.26. The lowest BCUT2D eigenvalue weighted by molar-refractivity contribution is -0.185. The van der Waals surface area contributed by atoms with Gasteiger partial charge in [-0.15, -0.1) is 0 Å². The standard InChI is InChI=1S/C19H19F3N4O/c1-3-12-26-16(14-9-5-4-6-10-14)25-18(17(26)27,19(20,21)22)24-15-13(2)8-7-11-23-15/h4-11H,3,12H2,1-2H3,(H,23,24). The minimum atomic E-state index is -4.95. The van der Waals surface area contributed by atoms with Crippen LogP contribution in [0.25, 0.3) is 0 Å². The molecule has 1 aliphatic rings. The number of aromatic nitrogens is 1. The summed E-state index contributed by atoms with van der Waals surface area (Å²) in [6, 6.07) is 11.6. The minimum absolute atomic E-state index is 0.000796. The fraction of sp³-hybridized carbons (Fsp3) is 0.316. The second-order valence-electron chi connectivity index (χ2n) is 6.26. The van der Waals surface area contributed by atoms with Gasteiger partial charge in [-0.25, -0.2) is 9.98 Å². The third-order valence-corrected chi connectivity index (χ3v) is 4.28. The third-order valence-electron chi connectivity index (χ3n) is 4.28. The highest BCUT2D eigenvalue weighted by Crippen LogP contribution is 2.41. The normalized spacial score (nSPS) is 20.0. The van der Waals surface area contributed by atoms with Crippen LogP contribution in [0, 0.1) is 6.92 Å². The van der Waals surface area contributed by atoms with E-state index in [4.69, 9.17) is 0 Å². The predicted molar refractivity (Wildman–Crippen MR) is 96.4 cm³/mol. The molecule has 27 heavy (non-hydrogen) atoms. The molecule has 0 saturated heterocycles. The summed E-state index contributed by atoms with van der Waals surface area (Å²) in [5.74, 6) is -1.18. The first kappa shape index (κ1) is 18.9. The van der Waals surface area contributed by atoms with Crippen LogP contribution in [0.4, 0.5) is 19.0 Å². The summed E-state index contributed by atoms with van der Waals surface area (Å²) in [6.45, 7) is 3.54. The Morgan fingerprint density at radius 2 is 1.85 bits per heavy atom. The number of hydrogen-bond acceptors (Lipinski definition) is 4. The van der Waals surface area contributed by atoms with Crippen LogP contribution in [0.1, 0.15) is 24.5 Å². The molecular formula is C19H19F3N4O. The lowest BCUT2D eigenvalue weighted by Crippen LogP contribution is -2.58. The number of carbonyl (C=O) groups excluding carboxylic acids is 1. The van der Waals surface area contributed by atoms with Gasteiger partial charge in [-0.2, -0.15) is 13.2 Å². The molecule has 0 saturated carbocycles. The predicted octanol–water partition coefficient (Wildman–Crippen LogP) is 3.76. The topological polar surface area (TPSA) is 57.6 Å². The summed E-state index contributed by atoms with van der Waals surface area (Å²) in [5.41, 5.74) is -2.17. The van der Waals surface area contributed by atoms with E-state index in [1.54, 1.807) is 56.3 Å². The van der Waals surface area contributed by atoms with Crippen molar-refractivity contribution in [1.29, 1.82) is 0 Å². The summed E-state index contributed by atoms with van der Waals surface area (Å²) in [5, 5.41) is 2.29. The molecular weight excluding hydrogens is 357 g/mol. The molecule has 8 heteroatoms. The van der Waals surface area contributed by atoms with E-state index < -0.39 is 17.7 Å². The molecule has 0 fully saturated rings. The Hall–Kier alpha value is -2.90. The van der Waals surface area contributed by atoms with Crippen molar-refractivity contribution in [2.75, 3.05) is 11.9 Å². The SMILES string of the molecule is CCCN1C(=O)C(Nc2ncccc2C)(C(F)(F)F)N=C1c1ccccc1. The molecule has 5 nitrogen and oxygen atoms in total. The molecule has 1 N–H and O–H groups in total. The number of pyridine rings is 1. The maximum absolute atomic E-state index is 14.1. The van der Waals surface area contributed by atoms with E-state index in [1.807, 2.05) is 0 Å². The molecule has 0 spiro atoms. The fourth-order valence-corrected chi connectivity index (χ4v) is 2.92. The van der Waals surface area contributed by atoms with Crippen molar-refractivity contribution in [3.05, 3.63) is 59.8 Å². The zero-order valence-corrected chi connectivity index (χ0v) is 14.9. The van der Waals surface area contributed by atoms with Crippen LogP contribution in [-0.4, -0.2) is 40.0 Å². The Morgan fingerprint density at radius 1 is 1.15 bits per heavy atom. The molecule has 0 radical (unpaired) electrons. The Kier molecular flexibility index (Phi) is 4.91. The Morgan fingerprint density at radius 3 is 2.44 bits per heavy atom. The van der Waals surface area contributed by atoms with Gasteiger partial charge in [0.15, 0.2) is 0 Å². The van der Waals surface area contributed by atoms with Gasteiger partial charge in [0.1, 0.15) is 11.7 Å². The van der Waals surface area contributed by atoms with Crippen LogP contribution in [0.15, 0.2) is 53.7 Å². The maximum Gasteiger partial charge on any atom is 0.442 e. The van der Waals surface area contributed by atoms with Crippen LogP contribution in [0.3, 0.4) is 0 Å². The number of nitrogens with one attached hydrogen (secondary N) is 1. The number of carbonyl (C=O) groups is 1. The van der Waals surface area contributed by atoms with Crippen molar-refractivity contribution in [2.24, 2.45) is 4.99 Å². The zero-order chi connectivity index (χ0) is 19.7. The van der Waals surface area contributed by atoms with E-state index in [0.717, 1.165) is 4.90 Å². The Bertz CT molecular complexity index is 867. The molecule has 1 aromatic heterocycles. The molecule has 142 valence electrons. The number of nitrogens with zero attached hydrogens (tertiary/aromatic N) is 3. The van der Waals surface area contributed by atoms with Gasteiger partial charge in [0.2, 0.25) is 0 Å². The number of benzene rings is 1. The summed E-state index contributed by atoms with van der Waals surface area (Å²) < 4.78 is 42.4. The highest BCUT2D eigenvalue weighted by atomic mass is 19.4.